The Bertz CT molecular complexity index is 2030. The van der Waals surface area contributed by atoms with Gasteiger partial charge >= 0.3 is 39.5 Å². The quantitative estimate of drug-likeness (QED) is 0.0222. The maximum atomic E-state index is 13.2. The number of unbranched alkanes of at least 4 members (excludes halogenated alkanes) is 59. The van der Waals surface area contributed by atoms with Gasteiger partial charge in [-0.2, -0.15) is 0 Å². The lowest BCUT2D eigenvalue weighted by atomic mass is 9.99. The predicted molar refractivity (Wildman–Crippen MR) is 442 cm³/mol. The molecule has 0 aromatic carbocycles. The molecule has 0 aromatic rings. The van der Waals surface area contributed by atoms with E-state index in [1.807, 2.05) is 0 Å². The van der Waals surface area contributed by atoms with Gasteiger partial charge in [0.15, 0.2) is 12.2 Å². The van der Waals surface area contributed by atoms with Crippen LogP contribution in [0.25, 0.3) is 0 Å². The minimum absolute atomic E-state index is 0.108. The summed E-state index contributed by atoms with van der Waals surface area (Å²) in [4.78, 5) is 73.2. The summed E-state index contributed by atoms with van der Waals surface area (Å²) in [5.41, 5.74) is 0. The van der Waals surface area contributed by atoms with Crippen molar-refractivity contribution in [2.24, 2.45) is 5.92 Å². The van der Waals surface area contributed by atoms with E-state index in [2.05, 4.69) is 34.6 Å². The van der Waals surface area contributed by atoms with E-state index in [4.69, 9.17) is 37.0 Å². The number of phosphoric ester groups is 2. The summed E-state index contributed by atoms with van der Waals surface area (Å²) in [6.45, 7) is 7.44. The molecule has 636 valence electrons. The topological polar surface area (TPSA) is 237 Å². The van der Waals surface area contributed by atoms with Crippen LogP contribution < -0.4 is 0 Å². The lowest BCUT2D eigenvalue weighted by Gasteiger charge is -2.21. The molecule has 0 aliphatic rings. The van der Waals surface area contributed by atoms with Crippen LogP contribution in [0.4, 0.5) is 0 Å². The van der Waals surface area contributed by atoms with Gasteiger partial charge in [-0.3, -0.25) is 37.3 Å². The van der Waals surface area contributed by atoms with E-state index in [9.17, 15) is 43.2 Å². The number of ether oxygens (including phenoxy) is 4. The first-order valence-corrected chi connectivity index (χ1v) is 48.7. The highest BCUT2D eigenvalue weighted by Crippen LogP contribution is 2.45. The van der Waals surface area contributed by atoms with Crippen molar-refractivity contribution in [2.75, 3.05) is 39.6 Å². The Labute approximate surface area is 658 Å². The normalized spacial score (nSPS) is 14.0. The Morgan fingerprint density at radius 3 is 0.664 bits per heavy atom. The Hall–Kier alpha value is -1.94. The highest BCUT2D eigenvalue weighted by Gasteiger charge is 2.30. The van der Waals surface area contributed by atoms with Crippen LogP contribution in [0.1, 0.15) is 478 Å². The van der Waals surface area contributed by atoms with E-state index in [1.165, 1.54) is 302 Å². The molecule has 107 heavy (non-hydrogen) atoms. The molecule has 0 aliphatic carbocycles. The van der Waals surface area contributed by atoms with Gasteiger partial charge in [-0.05, 0) is 31.6 Å². The summed E-state index contributed by atoms with van der Waals surface area (Å²) < 4.78 is 68.9. The SMILES string of the molecule is CCCCCCCCCCCCCCCCCCCCCCCC(=O)OC[C@H](COP(=O)(O)OC[C@@H](O)COP(=O)(O)OC[C@@H](COC(=O)CCCCCCCCCCCCC)OC(=O)CCCCCCCCCCCCCCC)OC(=O)CCCCCCCCCCCCCCCCCCCCC(C)CC. The Kier molecular flexibility index (Phi) is 79.2. The van der Waals surface area contributed by atoms with E-state index in [0.29, 0.717) is 25.7 Å². The zero-order chi connectivity index (χ0) is 78.3. The van der Waals surface area contributed by atoms with Crippen molar-refractivity contribution in [3.05, 3.63) is 0 Å². The van der Waals surface area contributed by atoms with Gasteiger partial charge in [0.25, 0.3) is 0 Å². The maximum Gasteiger partial charge on any atom is 0.472 e. The summed E-state index contributed by atoms with van der Waals surface area (Å²) >= 11 is 0. The molecule has 3 N–H and O–H groups in total. The summed E-state index contributed by atoms with van der Waals surface area (Å²) in [5, 5.41) is 10.7. The molecule has 3 unspecified atom stereocenters. The molecule has 0 radical (unpaired) electrons. The summed E-state index contributed by atoms with van der Waals surface area (Å²) in [6.07, 6.45) is 75.0. The molecule has 0 spiro atoms. The zero-order valence-corrected chi connectivity index (χ0v) is 72.1. The second-order valence-electron chi connectivity index (χ2n) is 31.9. The van der Waals surface area contributed by atoms with Crippen molar-refractivity contribution >= 4 is 39.5 Å². The number of hydrogen-bond acceptors (Lipinski definition) is 15. The fraction of sp³-hybridized carbons (Fsp3) is 0.955. The largest absolute Gasteiger partial charge is 0.472 e. The lowest BCUT2D eigenvalue weighted by Crippen LogP contribution is -2.30. The Balaban J connectivity index is 5.21. The fourth-order valence-corrected chi connectivity index (χ4v) is 15.4. The van der Waals surface area contributed by atoms with Gasteiger partial charge in [0.1, 0.15) is 19.3 Å². The van der Waals surface area contributed by atoms with Crippen LogP contribution >= 0.6 is 15.6 Å². The number of carbonyl (C=O) groups is 4. The average molecular weight is 1560 g/mol. The van der Waals surface area contributed by atoms with Crippen LogP contribution in [0.3, 0.4) is 0 Å². The molecular formula is C88H172O17P2. The minimum Gasteiger partial charge on any atom is -0.462 e. The van der Waals surface area contributed by atoms with Crippen LogP contribution in [0, 0.1) is 5.92 Å². The first-order valence-electron chi connectivity index (χ1n) is 45.7. The first-order chi connectivity index (χ1) is 52.1. The van der Waals surface area contributed by atoms with Gasteiger partial charge < -0.3 is 33.8 Å². The third-order valence-corrected chi connectivity index (χ3v) is 23.0. The van der Waals surface area contributed by atoms with E-state index in [-0.39, 0.29) is 25.7 Å². The van der Waals surface area contributed by atoms with Crippen molar-refractivity contribution < 1.29 is 80.2 Å². The van der Waals surface area contributed by atoms with Gasteiger partial charge in [-0.25, -0.2) is 9.13 Å². The van der Waals surface area contributed by atoms with E-state index >= 15 is 0 Å². The van der Waals surface area contributed by atoms with Gasteiger partial charge in [-0.15, -0.1) is 0 Å². The van der Waals surface area contributed by atoms with Gasteiger partial charge in [0.2, 0.25) is 0 Å². The molecule has 19 heteroatoms. The van der Waals surface area contributed by atoms with Crippen LogP contribution in [0.5, 0.6) is 0 Å². The number of aliphatic hydroxyl groups excluding tert-OH is 1. The monoisotopic (exact) mass is 1560 g/mol. The molecule has 6 atom stereocenters. The molecule has 0 saturated carbocycles. The second-order valence-corrected chi connectivity index (χ2v) is 34.8. The average Bonchev–Trinajstić information content (AvgIpc) is 0.902. The van der Waals surface area contributed by atoms with Crippen molar-refractivity contribution in [2.45, 2.75) is 496 Å². The van der Waals surface area contributed by atoms with E-state index in [0.717, 1.165) is 95.8 Å². The third kappa shape index (κ3) is 80.5. The summed E-state index contributed by atoms with van der Waals surface area (Å²) in [7, 11) is -9.93. The standard InChI is InChI=1S/C88H172O17P2/c1-6-10-13-16-19-22-25-27-28-29-30-31-32-36-39-43-47-52-57-62-67-72-86(91)99-78-84(105-88(93)74-69-64-59-54-49-44-40-37-34-33-35-38-42-46-50-55-60-65-70-81(5)9-4)80-103-107(96,97)101-76-82(89)75-100-106(94,95)102-79-83(77-98-85(90)71-66-61-56-51-45-24-21-18-15-12-8-3)104-87(92)73-68-63-58-53-48-41-26-23-20-17-14-11-7-2/h81-84,89H,6-80H2,1-5H3,(H,94,95)(H,96,97)/t81?,82-,83+,84+/m0/s1. The first kappa shape index (κ1) is 105. The molecule has 0 fully saturated rings. The van der Waals surface area contributed by atoms with Crippen molar-refractivity contribution in [1.82, 2.24) is 0 Å². The van der Waals surface area contributed by atoms with Crippen molar-refractivity contribution in [1.29, 1.82) is 0 Å². The van der Waals surface area contributed by atoms with E-state index in [1.54, 1.807) is 0 Å². The van der Waals surface area contributed by atoms with Gasteiger partial charge in [0.05, 0.1) is 26.4 Å². The van der Waals surface area contributed by atoms with Crippen LogP contribution in [0.2, 0.25) is 0 Å². The molecule has 17 nitrogen and oxygen atoms in total. The molecular weight excluding hydrogens is 1390 g/mol. The van der Waals surface area contributed by atoms with Crippen molar-refractivity contribution in [3.63, 3.8) is 0 Å². The highest BCUT2D eigenvalue weighted by atomic mass is 31.2. The van der Waals surface area contributed by atoms with Gasteiger partial charge in [0, 0.05) is 25.7 Å². The Morgan fingerprint density at radius 1 is 0.262 bits per heavy atom. The highest BCUT2D eigenvalue weighted by molar-refractivity contribution is 7.47. The van der Waals surface area contributed by atoms with E-state index < -0.39 is 97.5 Å². The molecule has 0 aromatic heterocycles. The number of phosphoric acid groups is 2. The molecule has 0 saturated heterocycles. The van der Waals surface area contributed by atoms with Crippen molar-refractivity contribution in [3.8, 4) is 0 Å². The molecule has 0 aliphatic heterocycles. The number of hydrogen-bond donors (Lipinski definition) is 3. The summed E-state index contributed by atoms with van der Waals surface area (Å²) in [5.74, 6) is -1.23. The zero-order valence-electron chi connectivity index (χ0n) is 70.3. The van der Waals surface area contributed by atoms with Gasteiger partial charge in [-0.1, -0.05) is 426 Å². The van der Waals surface area contributed by atoms with Crippen LogP contribution in [0.15, 0.2) is 0 Å². The molecule has 0 bridgehead atoms. The summed E-state index contributed by atoms with van der Waals surface area (Å²) in [6, 6.07) is 0. The molecule has 0 heterocycles. The number of esters is 4. The third-order valence-electron chi connectivity index (χ3n) is 21.1. The predicted octanol–water partition coefficient (Wildman–Crippen LogP) is 27.2. The molecule has 0 rings (SSSR count). The smallest absolute Gasteiger partial charge is 0.462 e. The molecule has 0 amide bonds. The van der Waals surface area contributed by atoms with Crippen LogP contribution in [-0.2, 0) is 65.4 Å². The second kappa shape index (κ2) is 80.7. The fourth-order valence-electron chi connectivity index (χ4n) is 13.8. The minimum atomic E-state index is -4.97. The number of carbonyl (C=O) groups excluding carboxylic acids is 4. The Morgan fingerprint density at radius 2 is 0.449 bits per heavy atom. The number of rotatable bonds is 88. The number of aliphatic hydroxyl groups is 1. The van der Waals surface area contributed by atoms with Crippen LogP contribution in [-0.4, -0.2) is 96.7 Å². The lowest BCUT2D eigenvalue weighted by molar-refractivity contribution is -0.161. The maximum absolute atomic E-state index is 13.2.